The van der Waals surface area contributed by atoms with Crippen LogP contribution in [0.5, 0.6) is 5.88 Å². The molecule has 1 amide bonds. The van der Waals surface area contributed by atoms with Gasteiger partial charge >= 0.3 is 12.3 Å². The fourth-order valence-electron chi connectivity index (χ4n) is 1.70. The summed E-state index contributed by atoms with van der Waals surface area (Å²) in [5.74, 6) is -5.88. The van der Waals surface area contributed by atoms with E-state index in [0.29, 0.717) is 0 Å². The number of nitrogens with zero attached hydrogens (tertiary/aromatic N) is 2. The van der Waals surface area contributed by atoms with Gasteiger partial charge in [-0.25, -0.2) is 13.8 Å². The van der Waals surface area contributed by atoms with Gasteiger partial charge in [-0.1, -0.05) is 0 Å². The number of ether oxygens (including phenoxy) is 1. The quantitative estimate of drug-likeness (QED) is 0.466. The molecule has 1 saturated carbocycles. The maximum absolute atomic E-state index is 12.7. The normalized spacial score (nSPS) is 20.2. The monoisotopic (exact) mass is 337 g/mol. The highest BCUT2D eigenvalue weighted by atomic mass is 19.3. The van der Waals surface area contributed by atoms with E-state index < -0.39 is 41.7 Å². The fourth-order valence-corrected chi connectivity index (χ4v) is 1.70. The largest absolute Gasteiger partial charge is 0.471 e. The van der Waals surface area contributed by atoms with Crippen molar-refractivity contribution in [2.75, 3.05) is 11.9 Å². The average molecular weight is 337 g/mol. The van der Waals surface area contributed by atoms with Gasteiger partial charge in [-0.2, -0.15) is 8.78 Å². The minimum atomic E-state index is -4.29. The molecule has 0 saturated heterocycles. The molecule has 1 aromatic heterocycles. The van der Waals surface area contributed by atoms with Crippen LogP contribution in [0.1, 0.15) is 6.42 Å². The van der Waals surface area contributed by atoms with E-state index in [0.717, 1.165) is 12.3 Å². The van der Waals surface area contributed by atoms with E-state index in [-0.39, 0.29) is 18.0 Å². The van der Waals surface area contributed by atoms with Gasteiger partial charge in [0.1, 0.15) is 5.92 Å². The second kappa shape index (κ2) is 6.34. The molecule has 0 spiro atoms. The SMILES string of the molecule is O=C(Nc1ccc(OCC(F)(F)C(F)F)nc1)[C@@H]1C[C@H]1[N+](=O)[O-]. The number of aromatic nitrogens is 1. The highest BCUT2D eigenvalue weighted by molar-refractivity contribution is 5.94. The first-order valence-corrected chi connectivity index (χ1v) is 6.40. The van der Waals surface area contributed by atoms with Crippen molar-refractivity contribution in [2.24, 2.45) is 5.92 Å². The third-order valence-corrected chi connectivity index (χ3v) is 3.10. The van der Waals surface area contributed by atoms with E-state index in [1.165, 1.54) is 6.07 Å². The number of halogens is 4. The van der Waals surface area contributed by atoms with Gasteiger partial charge in [-0.3, -0.25) is 14.9 Å². The van der Waals surface area contributed by atoms with Crippen LogP contribution in [-0.2, 0) is 4.79 Å². The van der Waals surface area contributed by atoms with E-state index in [1.54, 1.807) is 0 Å². The molecule has 0 radical (unpaired) electrons. The number of amides is 1. The smallest absolute Gasteiger partial charge is 0.340 e. The Morgan fingerprint density at radius 1 is 1.52 bits per heavy atom. The van der Waals surface area contributed by atoms with E-state index >= 15 is 0 Å². The zero-order valence-corrected chi connectivity index (χ0v) is 11.4. The Hall–Kier alpha value is -2.46. The first-order chi connectivity index (χ1) is 10.7. The highest BCUT2D eigenvalue weighted by Gasteiger charge is 2.53. The number of nitro groups is 1. The fraction of sp³-hybridized carbons (Fsp3) is 0.500. The molecule has 1 aliphatic rings. The first kappa shape index (κ1) is 16.9. The molecule has 0 bridgehead atoms. The number of carbonyl (C=O) groups is 1. The first-order valence-electron chi connectivity index (χ1n) is 6.40. The van der Waals surface area contributed by atoms with Crippen LogP contribution in [0.2, 0.25) is 0 Å². The molecule has 0 aromatic carbocycles. The van der Waals surface area contributed by atoms with Crippen LogP contribution in [0.3, 0.4) is 0 Å². The van der Waals surface area contributed by atoms with Crippen molar-refractivity contribution in [2.45, 2.75) is 24.8 Å². The van der Waals surface area contributed by atoms with E-state index in [1.807, 2.05) is 0 Å². The van der Waals surface area contributed by atoms with Crippen LogP contribution in [0.25, 0.3) is 0 Å². The summed E-state index contributed by atoms with van der Waals surface area (Å²) in [5.41, 5.74) is 0.178. The molecule has 0 unspecified atom stereocenters. The van der Waals surface area contributed by atoms with Gasteiger partial charge in [0.05, 0.1) is 11.9 Å². The summed E-state index contributed by atoms with van der Waals surface area (Å²) >= 11 is 0. The van der Waals surface area contributed by atoms with Crippen LogP contribution in [0, 0.1) is 16.0 Å². The topological polar surface area (TPSA) is 94.4 Å². The van der Waals surface area contributed by atoms with Gasteiger partial charge in [0.25, 0.3) is 0 Å². The Bertz CT molecular complexity index is 596. The lowest BCUT2D eigenvalue weighted by Crippen LogP contribution is -2.33. The highest BCUT2D eigenvalue weighted by Crippen LogP contribution is 2.34. The second-order valence-electron chi connectivity index (χ2n) is 4.92. The number of nitrogens with one attached hydrogen (secondary N) is 1. The summed E-state index contributed by atoms with van der Waals surface area (Å²) in [4.78, 5) is 25.1. The molecule has 11 heteroatoms. The number of carbonyl (C=O) groups excluding carboxylic acids is 1. The predicted octanol–water partition coefficient (Wildman–Crippen LogP) is 1.96. The molecular weight excluding hydrogens is 326 g/mol. The van der Waals surface area contributed by atoms with Crippen LogP contribution >= 0.6 is 0 Å². The van der Waals surface area contributed by atoms with Gasteiger partial charge in [0, 0.05) is 17.4 Å². The molecule has 23 heavy (non-hydrogen) atoms. The summed E-state index contributed by atoms with van der Waals surface area (Å²) in [6.07, 6.45) is -2.64. The van der Waals surface area contributed by atoms with Crippen molar-refractivity contribution in [1.82, 2.24) is 4.98 Å². The van der Waals surface area contributed by atoms with E-state index in [4.69, 9.17) is 0 Å². The third kappa shape index (κ3) is 4.27. The molecule has 0 aliphatic heterocycles. The van der Waals surface area contributed by atoms with Crippen molar-refractivity contribution in [3.63, 3.8) is 0 Å². The number of alkyl halides is 4. The zero-order chi connectivity index (χ0) is 17.2. The number of hydrogen-bond acceptors (Lipinski definition) is 5. The van der Waals surface area contributed by atoms with Gasteiger partial charge < -0.3 is 10.1 Å². The minimum absolute atomic E-state index is 0.149. The van der Waals surface area contributed by atoms with Gasteiger partial charge in [0.2, 0.25) is 17.8 Å². The molecule has 1 N–H and O–H groups in total. The summed E-state index contributed by atoms with van der Waals surface area (Å²) in [6.45, 7) is -1.53. The van der Waals surface area contributed by atoms with Gasteiger partial charge in [-0.05, 0) is 6.07 Å². The van der Waals surface area contributed by atoms with Crippen molar-refractivity contribution >= 4 is 11.6 Å². The lowest BCUT2D eigenvalue weighted by atomic mass is 10.3. The van der Waals surface area contributed by atoms with Crippen molar-refractivity contribution in [3.8, 4) is 5.88 Å². The van der Waals surface area contributed by atoms with Crippen molar-refractivity contribution in [1.29, 1.82) is 0 Å². The van der Waals surface area contributed by atoms with Crippen LogP contribution in [0.4, 0.5) is 23.2 Å². The van der Waals surface area contributed by atoms with Crippen molar-refractivity contribution in [3.05, 3.63) is 28.4 Å². The van der Waals surface area contributed by atoms with Crippen molar-refractivity contribution < 1.29 is 32.0 Å². The lowest BCUT2D eigenvalue weighted by molar-refractivity contribution is -0.497. The standard InChI is InChI=1S/C12H11F4N3O4/c13-11(14)12(15,16)5-23-9-2-1-6(4-17-9)18-10(20)7-3-8(7)19(21)22/h1-2,4,7-8,11H,3,5H2,(H,18,20)/t7-,8-/m1/s1. The third-order valence-electron chi connectivity index (χ3n) is 3.10. The summed E-state index contributed by atoms with van der Waals surface area (Å²) in [7, 11) is 0. The number of hydrogen-bond donors (Lipinski definition) is 1. The van der Waals surface area contributed by atoms with Gasteiger partial charge in [-0.15, -0.1) is 0 Å². The van der Waals surface area contributed by atoms with E-state index in [2.05, 4.69) is 15.0 Å². The van der Waals surface area contributed by atoms with Crippen LogP contribution in [0.15, 0.2) is 18.3 Å². The van der Waals surface area contributed by atoms with Gasteiger partial charge in [0.15, 0.2) is 6.61 Å². The Kier molecular flexibility index (Phi) is 4.66. The Labute approximate surface area is 126 Å². The zero-order valence-electron chi connectivity index (χ0n) is 11.4. The lowest BCUT2D eigenvalue weighted by Gasteiger charge is -2.15. The van der Waals surface area contributed by atoms with Crippen LogP contribution < -0.4 is 10.1 Å². The van der Waals surface area contributed by atoms with Crippen LogP contribution in [-0.4, -0.2) is 40.8 Å². The molecular formula is C12H11F4N3O4. The Morgan fingerprint density at radius 3 is 2.70 bits per heavy atom. The maximum atomic E-state index is 12.7. The number of anilines is 1. The molecule has 1 aliphatic carbocycles. The molecule has 2 rings (SSSR count). The molecule has 1 aromatic rings. The minimum Gasteiger partial charge on any atom is -0.471 e. The Morgan fingerprint density at radius 2 is 2.22 bits per heavy atom. The molecule has 2 atom stereocenters. The summed E-state index contributed by atoms with van der Waals surface area (Å²) in [5, 5.41) is 12.8. The predicted molar refractivity (Wildman–Crippen MR) is 68.2 cm³/mol. The molecule has 126 valence electrons. The molecule has 1 fully saturated rings. The average Bonchev–Trinajstić information content (AvgIpc) is 3.27. The maximum Gasteiger partial charge on any atom is 0.340 e. The molecule has 1 heterocycles. The molecule has 7 nitrogen and oxygen atoms in total. The summed E-state index contributed by atoms with van der Waals surface area (Å²) in [6, 6.07) is 1.46. The Balaban J connectivity index is 1.85. The van der Waals surface area contributed by atoms with E-state index in [9.17, 15) is 32.5 Å². The second-order valence-corrected chi connectivity index (χ2v) is 4.92. The summed E-state index contributed by atoms with van der Waals surface area (Å²) < 4.78 is 53.7. The number of pyridine rings is 1. The number of rotatable bonds is 7.